The molecule has 1 saturated heterocycles. The Bertz CT molecular complexity index is 298. The molecule has 7 heteroatoms. The lowest BCUT2D eigenvalue weighted by Crippen LogP contribution is -2.47. The third kappa shape index (κ3) is 10.4. The molecule has 6 nitrogen and oxygen atoms in total. The van der Waals surface area contributed by atoms with Crippen LogP contribution in [0.4, 0.5) is 0 Å². The number of aliphatic imine (C=N–C) groups is 1. The highest BCUT2D eigenvalue weighted by Crippen LogP contribution is 2.13. The highest BCUT2D eigenvalue weighted by atomic mass is 127. The number of ether oxygens (including phenoxy) is 3. The van der Waals surface area contributed by atoms with Crippen LogP contribution < -0.4 is 5.32 Å². The topological polar surface area (TPSA) is 55.3 Å². The van der Waals surface area contributed by atoms with E-state index in [0.29, 0.717) is 19.3 Å². The summed E-state index contributed by atoms with van der Waals surface area (Å²) >= 11 is 0. The summed E-state index contributed by atoms with van der Waals surface area (Å²) in [7, 11) is 3.54. The van der Waals surface area contributed by atoms with Gasteiger partial charge in [0, 0.05) is 47.0 Å². The van der Waals surface area contributed by atoms with Gasteiger partial charge in [-0.05, 0) is 32.6 Å². The predicted molar refractivity (Wildman–Crippen MR) is 105 cm³/mol. The van der Waals surface area contributed by atoms with E-state index in [1.807, 2.05) is 7.05 Å². The minimum atomic E-state index is 0. The molecule has 1 rings (SSSR count). The van der Waals surface area contributed by atoms with E-state index in [0.717, 1.165) is 64.5 Å². The first-order chi connectivity index (χ1) is 10.8. The third-order valence-electron chi connectivity index (χ3n) is 3.79. The van der Waals surface area contributed by atoms with Crippen molar-refractivity contribution in [3.05, 3.63) is 0 Å². The fourth-order valence-corrected chi connectivity index (χ4v) is 2.58. The van der Waals surface area contributed by atoms with Crippen molar-refractivity contribution in [3.63, 3.8) is 0 Å². The molecular weight excluding hydrogens is 409 g/mol. The van der Waals surface area contributed by atoms with Crippen molar-refractivity contribution in [3.8, 4) is 0 Å². The number of piperidine rings is 1. The molecule has 0 aromatic carbocycles. The summed E-state index contributed by atoms with van der Waals surface area (Å²) in [6.07, 6.45) is 4.73. The number of hydrogen-bond donors (Lipinski definition) is 1. The fraction of sp³-hybridized carbons (Fsp3) is 0.938. The van der Waals surface area contributed by atoms with Crippen molar-refractivity contribution in [1.82, 2.24) is 10.2 Å². The zero-order valence-corrected chi connectivity index (χ0v) is 17.2. The molecular formula is C16H34IN3O3. The Hall–Kier alpha value is -0.120. The largest absolute Gasteiger partial charge is 0.382 e. The van der Waals surface area contributed by atoms with E-state index in [2.05, 4.69) is 22.1 Å². The van der Waals surface area contributed by atoms with Crippen molar-refractivity contribution in [2.45, 2.75) is 38.7 Å². The van der Waals surface area contributed by atoms with Gasteiger partial charge in [-0.15, -0.1) is 24.0 Å². The van der Waals surface area contributed by atoms with Crippen molar-refractivity contribution in [2.24, 2.45) is 4.99 Å². The van der Waals surface area contributed by atoms with E-state index >= 15 is 0 Å². The van der Waals surface area contributed by atoms with Gasteiger partial charge in [-0.2, -0.15) is 0 Å². The molecule has 1 heterocycles. The lowest BCUT2D eigenvalue weighted by atomic mass is 10.1. The summed E-state index contributed by atoms with van der Waals surface area (Å²) in [5.41, 5.74) is 0. The molecule has 0 aromatic heterocycles. The van der Waals surface area contributed by atoms with Gasteiger partial charge in [0.05, 0.1) is 19.3 Å². The Morgan fingerprint density at radius 3 is 2.52 bits per heavy atom. The second-order valence-corrected chi connectivity index (χ2v) is 5.43. The average Bonchev–Trinajstić information content (AvgIpc) is 2.55. The van der Waals surface area contributed by atoms with E-state index in [1.54, 1.807) is 7.11 Å². The molecule has 0 aromatic rings. The summed E-state index contributed by atoms with van der Waals surface area (Å²) in [5, 5.41) is 3.44. The first-order valence-electron chi connectivity index (χ1n) is 8.45. The van der Waals surface area contributed by atoms with Crippen molar-refractivity contribution < 1.29 is 14.2 Å². The van der Waals surface area contributed by atoms with E-state index in [9.17, 15) is 0 Å². The van der Waals surface area contributed by atoms with Gasteiger partial charge in [-0.3, -0.25) is 4.99 Å². The fourth-order valence-electron chi connectivity index (χ4n) is 2.58. The minimum Gasteiger partial charge on any atom is -0.382 e. The van der Waals surface area contributed by atoms with Crippen LogP contribution in [0.1, 0.15) is 32.6 Å². The third-order valence-corrected chi connectivity index (χ3v) is 3.79. The highest BCUT2D eigenvalue weighted by Gasteiger charge is 2.21. The standard InChI is InChI=1S/C16H33N3O3.HI/c1-4-22-15-7-10-19(11-8-15)16(17-2)18-9-5-6-12-21-14-13-20-3;/h15H,4-14H2,1-3H3,(H,17,18);1H. The van der Waals surface area contributed by atoms with E-state index < -0.39 is 0 Å². The molecule has 0 unspecified atom stereocenters. The Balaban J connectivity index is 0.00000484. The number of halogens is 1. The first-order valence-corrected chi connectivity index (χ1v) is 8.45. The van der Waals surface area contributed by atoms with Crippen LogP contribution in [0.25, 0.3) is 0 Å². The molecule has 0 atom stereocenters. The summed E-state index contributed by atoms with van der Waals surface area (Å²) in [5.74, 6) is 1.01. The van der Waals surface area contributed by atoms with Crippen LogP contribution in [-0.4, -0.2) is 77.2 Å². The second-order valence-electron chi connectivity index (χ2n) is 5.43. The molecule has 0 amide bonds. The van der Waals surface area contributed by atoms with Crippen LogP contribution in [0.15, 0.2) is 4.99 Å². The number of nitrogens with one attached hydrogen (secondary N) is 1. The zero-order valence-electron chi connectivity index (χ0n) is 14.9. The molecule has 1 fully saturated rings. The maximum Gasteiger partial charge on any atom is 0.193 e. The van der Waals surface area contributed by atoms with E-state index in [4.69, 9.17) is 14.2 Å². The number of unbranched alkanes of at least 4 members (excludes halogenated alkanes) is 1. The van der Waals surface area contributed by atoms with Gasteiger partial charge >= 0.3 is 0 Å². The molecule has 1 aliphatic heterocycles. The number of methoxy groups -OCH3 is 1. The number of nitrogens with zero attached hydrogens (tertiary/aromatic N) is 2. The average molecular weight is 443 g/mol. The molecule has 0 spiro atoms. The molecule has 138 valence electrons. The molecule has 1 N–H and O–H groups in total. The van der Waals surface area contributed by atoms with Crippen molar-refractivity contribution in [1.29, 1.82) is 0 Å². The molecule has 0 radical (unpaired) electrons. The van der Waals surface area contributed by atoms with E-state index in [1.165, 1.54) is 0 Å². The molecule has 0 saturated carbocycles. The Morgan fingerprint density at radius 2 is 1.91 bits per heavy atom. The van der Waals surface area contributed by atoms with Crippen LogP contribution in [0, 0.1) is 0 Å². The van der Waals surface area contributed by atoms with Gasteiger partial charge in [-0.25, -0.2) is 0 Å². The van der Waals surface area contributed by atoms with Gasteiger partial charge in [0.25, 0.3) is 0 Å². The summed E-state index contributed by atoms with van der Waals surface area (Å²) in [6.45, 7) is 7.99. The maximum atomic E-state index is 5.69. The lowest BCUT2D eigenvalue weighted by molar-refractivity contribution is 0.0263. The predicted octanol–water partition coefficient (Wildman–Crippen LogP) is 2.12. The Labute approximate surface area is 158 Å². The van der Waals surface area contributed by atoms with Crippen LogP contribution in [0.5, 0.6) is 0 Å². The molecule has 0 bridgehead atoms. The number of hydrogen-bond acceptors (Lipinski definition) is 4. The minimum absolute atomic E-state index is 0. The second kappa shape index (κ2) is 15.4. The summed E-state index contributed by atoms with van der Waals surface area (Å²) < 4.78 is 16.1. The smallest absolute Gasteiger partial charge is 0.193 e. The molecule has 0 aliphatic carbocycles. The van der Waals surface area contributed by atoms with Gasteiger partial charge in [0.15, 0.2) is 5.96 Å². The first kappa shape index (κ1) is 22.9. The summed E-state index contributed by atoms with van der Waals surface area (Å²) in [4.78, 5) is 6.71. The summed E-state index contributed by atoms with van der Waals surface area (Å²) in [6, 6.07) is 0. The van der Waals surface area contributed by atoms with Crippen molar-refractivity contribution >= 4 is 29.9 Å². The Morgan fingerprint density at radius 1 is 1.17 bits per heavy atom. The number of guanidine groups is 1. The highest BCUT2D eigenvalue weighted by molar-refractivity contribution is 14.0. The van der Waals surface area contributed by atoms with Gasteiger partial charge in [-0.1, -0.05) is 0 Å². The lowest BCUT2D eigenvalue weighted by Gasteiger charge is -2.34. The number of likely N-dealkylation sites (tertiary alicyclic amines) is 1. The molecule has 23 heavy (non-hydrogen) atoms. The Kier molecular flexibility index (Phi) is 15.3. The van der Waals surface area contributed by atoms with Crippen LogP contribution in [-0.2, 0) is 14.2 Å². The van der Waals surface area contributed by atoms with Gasteiger partial charge < -0.3 is 24.4 Å². The SMILES string of the molecule is CCOC1CCN(C(=NC)NCCCCOCCOC)CC1.I. The van der Waals surface area contributed by atoms with Crippen LogP contribution in [0.2, 0.25) is 0 Å². The maximum absolute atomic E-state index is 5.69. The normalized spacial score (nSPS) is 16.3. The van der Waals surface area contributed by atoms with Gasteiger partial charge in [0.1, 0.15) is 0 Å². The number of rotatable bonds is 10. The monoisotopic (exact) mass is 443 g/mol. The zero-order chi connectivity index (χ0) is 16.0. The van der Waals surface area contributed by atoms with Gasteiger partial charge in [0.2, 0.25) is 0 Å². The van der Waals surface area contributed by atoms with Crippen LogP contribution >= 0.6 is 24.0 Å². The quantitative estimate of drug-likeness (QED) is 0.243. The van der Waals surface area contributed by atoms with Crippen LogP contribution in [0.3, 0.4) is 0 Å². The van der Waals surface area contributed by atoms with Crippen molar-refractivity contribution in [2.75, 3.05) is 60.2 Å². The molecule has 1 aliphatic rings. The van der Waals surface area contributed by atoms with E-state index in [-0.39, 0.29) is 24.0 Å².